The average Bonchev–Trinajstić information content (AvgIpc) is 3.24. The van der Waals surface area contributed by atoms with E-state index in [1.807, 2.05) is 31.2 Å². The first-order valence-corrected chi connectivity index (χ1v) is 9.39. The third kappa shape index (κ3) is 3.73. The fourth-order valence-electron chi connectivity index (χ4n) is 2.49. The molecule has 4 aromatic rings. The van der Waals surface area contributed by atoms with Gasteiger partial charge in [0.1, 0.15) is 10.8 Å². The van der Waals surface area contributed by atoms with Crippen molar-refractivity contribution in [2.45, 2.75) is 6.92 Å². The van der Waals surface area contributed by atoms with E-state index in [-0.39, 0.29) is 10.7 Å². The van der Waals surface area contributed by atoms with Gasteiger partial charge in [-0.15, -0.1) is 10.2 Å². The number of thiocarbonyl (C=S) groups is 1. The molecule has 2 N–H and O–H groups in total. The van der Waals surface area contributed by atoms with Gasteiger partial charge in [0.2, 0.25) is 4.96 Å². The summed E-state index contributed by atoms with van der Waals surface area (Å²) >= 11 is 6.59. The third-order valence-corrected chi connectivity index (χ3v) is 5.00. The van der Waals surface area contributed by atoms with Gasteiger partial charge in [-0.05, 0) is 61.6 Å². The molecule has 4 rings (SSSR count). The normalized spacial score (nSPS) is 10.8. The second-order valence-electron chi connectivity index (χ2n) is 5.84. The lowest BCUT2D eigenvalue weighted by atomic mass is 10.2. The molecule has 2 aromatic heterocycles. The lowest BCUT2D eigenvalue weighted by Crippen LogP contribution is -2.34. The number of hydrogen-bond acceptors (Lipinski definition) is 6. The van der Waals surface area contributed by atoms with E-state index in [0.717, 1.165) is 27.4 Å². The number of carbonyl (C=O) groups excluding carboxylic acids is 1. The Kier molecular flexibility index (Phi) is 4.80. The largest absolute Gasteiger partial charge is 0.332 e. The molecule has 28 heavy (non-hydrogen) atoms. The van der Waals surface area contributed by atoms with Crippen LogP contribution in [0.3, 0.4) is 0 Å². The smallest absolute Gasteiger partial charge is 0.257 e. The van der Waals surface area contributed by atoms with Gasteiger partial charge >= 0.3 is 0 Å². The molecular weight excluding hydrogens is 399 g/mol. The number of rotatable bonds is 3. The molecule has 140 valence electrons. The number of anilines is 1. The second kappa shape index (κ2) is 7.41. The van der Waals surface area contributed by atoms with Crippen molar-refractivity contribution in [1.29, 1.82) is 0 Å². The maximum Gasteiger partial charge on any atom is 0.257 e. The van der Waals surface area contributed by atoms with Crippen molar-refractivity contribution in [3.63, 3.8) is 0 Å². The van der Waals surface area contributed by atoms with Gasteiger partial charge in [-0.3, -0.25) is 10.1 Å². The van der Waals surface area contributed by atoms with E-state index in [4.69, 9.17) is 12.2 Å². The van der Waals surface area contributed by atoms with Crippen molar-refractivity contribution in [3.05, 3.63) is 65.7 Å². The van der Waals surface area contributed by atoms with E-state index in [1.165, 1.54) is 29.5 Å². The molecule has 0 aliphatic rings. The van der Waals surface area contributed by atoms with Crippen LogP contribution in [0.2, 0.25) is 0 Å². The van der Waals surface area contributed by atoms with Crippen LogP contribution in [0.5, 0.6) is 0 Å². The Labute approximate surface area is 168 Å². The molecule has 1 amide bonds. The topological polar surface area (TPSA) is 84.2 Å². The molecule has 0 saturated heterocycles. The number of aromatic nitrogens is 4. The molecular formula is C18H13FN6OS2. The number of fused-ring (bicyclic) bond motifs is 1. The minimum absolute atomic E-state index is 0.122. The highest BCUT2D eigenvalue weighted by Crippen LogP contribution is 2.26. The van der Waals surface area contributed by atoms with Crippen molar-refractivity contribution < 1.29 is 9.18 Å². The van der Waals surface area contributed by atoms with Crippen molar-refractivity contribution in [3.8, 4) is 10.6 Å². The van der Waals surface area contributed by atoms with Gasteiger partial charge < -0.3 is 5.32 Å². The Morgan fingerprint density at radius 1 is 1.18 bits per heavy atom. The molecule has 0 atom stereocenters. The molecule has 0 bridgehead atoms. The summed E-state index contributed by atoms with van der Waals surface area (Å²) in [6, 6.07) is 12.8. The van der Waals surface area contributed by atoms with E-state index in [0.29, 0.717) is 5.69 Å². The predicted octanol–water partition coefficient (Wildman–Crippen LogP) is 3.43. The lowest BCUT2D eigenvalue weighted by Gasteiger charge is -2.10. The Bertz CT molecular complexity index is 1180. The van der Waals surface area contributed by atoms with Crippen molar-refractivity contribution in [2.75, 3.05) is 5.32 Å². The molecule has 0 radical (unpaired) electrons. The molecule has 10 heteroatoms. The van der Waals surface area contributed by atoms with Crippen LogP contribution in [0.15, 0.2) is 48.5 Å². The van der Waals surface area contributed by atoms with Crippen LogP contribution >= 0.6 is 23.6 Å². The van der Waals surface area contributed by atoms with E-state index in [9.17, 15) is 9.18 Å². The number of amides is 1. The zero-order chi connectivity index (χ0) is 19.7. The minimum Gasteiger partial charge on any atom is -0.332 e. The highest BCUT2D eigenvalue weighted by Gasteiger charge is 2.11. The van der Waals surface area contributed by atoms with Gasteiger partial charge in [-0.25, -0.2) is 4.39 Å². The zero-order valence-electron chi connectivity index (χ0n) is 14.5. The standard InChI is InChI=1S/C18H13FN6OS2/c1-10-22-23-18-25(10)24-16(28-18)11-5-7-14(8-6-11)20-17(27)21-15(26)12-3-2-4-13(19)9-12/h2-9H,1H3,(H2,20,21,26,27). The first-order chi connectivity index (χ1) is 13.5. The molecule has 0 saturated carbocycles. The van der Waals surface area contributed by atoms with Crippen LogP contribution in [0.25, 0.3) is 15.5 Å². The monoisotopic (exact) mass is 412 g/mol. The van der Waals surface area contributed by atoms with Crippen molar-refractivity contribution in [2.24, 2.45) is 0 Å². The summed E-state index contributed by atoms with van der Waals surface area (Å²) < 4.78 is 14.9. The second-order valence-corrected chi connectivity index (χ2v) is 7.21. The number of nitrogens with zero attached hydrogens (tertiary/aromatic N) is 4. The average molecular weight is 412 g/mol. The first kappa shape index (κ1) is 18.1. The van der Waals surface area contributed by atoms with Gasteiger partial charge in [-0.1, -0.05) is 17.4 Å². The summed E-state index contributed by atoms with van der Waals surface area (Å²) in [6.07, 6.45) is 0. The maximum absolute atomic E-state index is 13.2. The summed E-state index contributed by atoms with van der Waals surface area (Å²) in [5.74, 6) is -0.235. The lowest BCUT2D eigenvalue weighted by molar-refractivity contribution is 0.0977. The maximum atomic E-state index is 13.2. The molecule has 2 heterocycles. The number of nitrogens with one attached hydrogen (secondary N) is 2. The van der Waals surface area contributed by atoms with Crippen LogP contribution in [-0.4, -0.2) is 30.8 Å². The third-order valence-electron chi connectivity index (χ3n) is 3.85. The van der Waals surface area contributed by atoms with E-state index in [1.54, 1.807) is 4.52 Å². The highest BCUT2D eigenvalue weighted by atomic mass is 32.1. The molecule has 0 fully saturated rings. The first-order valence-electron chi connectivity index (χ1n) is 8.17. The van der Waals surface area contributed by atoms with Crippen LogP contribution in [0.1, 0.15) is 16.2 Å². The number of hydrogen-bond donors (Lipinski definition) is 2. The number of benzene rings is 2. The summed E-state index contributed by atoms with van der Waals surface area (Å²) in [5.41, 5.74) is 1.82. The van der Waals surface area contributed by atoms with Gasteiger partial charge in [0.25, 0.3) is 5.91 Å². The Morgan fingerprint density at radius 3 is 2.68 bits per heavy atom. The van der Waals surface area contributed by atoms with Crippen molar-refractivity contribution in [1.82, 2.24) is 25.1 Å². The zero-order valence-corrected chi connectivity index (χ0v) is 16.1. The number of carbonyl (C=O) groups is 1. The Balaban J connectivity index is 1.42. The van der Waals surface area contributed by atoms with Gasteiger partial charge in [0.15, 0.2) is 10.9 Å². The fraction of sp³-hybridized carbons (Fsp3) is 0.0556. The number of halogens is 1. The molecule has 2 aromatic carbocycles. The Hall–Kier alpha value is -3.24. The van der Waals surface area contributed by atoms with Crippen LogP contribution in [-0.2, 0) is 0 Å². The van der Waals surface area contributed by atoms with Crippen molar-refractivity contribution >= 4 is 45.2 Å². The van der Waals surface area contributed by atoms with Gasteiger partial charge in [-0.2, -0.15) is 9.61 Å². The molecule has 0 aliphatic heterocycles. The van der Waals surface area contributed by atoms with E-state index >= 15 is 0 Å². The van der Waals surface area contributed by atoms with Crippen LogP contribution in [0.4, 0.5) is 10.1 Å². The fourth-order valence-corrected chi connectivity index (χ4v) is 3.60. The van der Waals surface area contributed by atoms with Crippen LogP contribution in [0, 0.1) is 12.7 Å². The minimum atomic E-state index is -0.484. The quantitative estimate of drug-likeness (QED) is 0.502. The van der Waals surface area contributed by atoms with Gasteiger partial charge in [0, 0.05) is 16.8 Å². The van der Waals surface area contributed by atoms with E-state index < -0.39 is 11.7 Å². The summed E-state index contributed by atoms with van der Waals surface area (Å²) in [7, 11) is 0. The molecule has 0 unspecified atom stereocenters. The highest BCUT2D eigenvalue weighted by molar-refractivity contribution is 7.80. The molecule has 0 aliphatic carbocycles. The predicted molar refractivity (Wildman–Crippen MR) is 109 cm³/mol. The van der Waals surface area contributed by atoms with Gasteiger partial charge in [0.05, 0.1) is 0 Å². The van der Waals surface area contributed by atoms with Crippen LogP contribution < -0.4 is 10.6 Å². The summed E-state index contributed by atoms with van der Waals surface area (Å²) in [5, 5.41) is 18.9. The summed E-state index contributed by atoms with van der Waals surface area (Å²) in [4.78, 5) is 12.8. The number of aryl methyl sites for hydroxylation is 1. The molecule has 7 nitrogen and oxygen atoms in total. The SMILES string of the molecule is Cc1nnc2sc(-c3ccc(NC(=S)NC(=O)c4cccc(F)c4)cc3)nn12. The molecule has 0 spiro atoms. The van der Waals surface area contributed by atoms with E-state index in [2.05, 4.69) is 25.9 Å². The summed E-state index contributed by atoms with van der Waals surface area (Å²) in [6.45, 7) is 1.84. The Morgan fingerprint density at radius 2 is 1.96 bits per heavy atom.